The van der Waals surface area contributed by atoms with Crippen LogP contribution in [0.15, 0.2) is 24.3 Å². The summed E-state index contributed by atoms with van der Waals surface area (Å²) in [5.41, 5.74) is 0.404. The molecule has 2 aliphatic rings. The maximum Gasteiger partial charge on any atom is 0.317 e. The first-order valence-corrected chi connectivity index (χ1v) is 9.97. The summed E-state index contributed by atoms with van der Waals surface area (Å²) in [5.74, 6) is -0.929. The molecule has 1 saturated carbocycles. The number of hydrogen-bond donors (Lipinski definition) is 1. The molecule has 0 spiro atoms. The van der Waals surface area contributed by atoms with Crippen molar-refractivity contribution in [2.45, 2.75) is 56.9 Å². The summed E-state index contributed by atoms with van der Waals surface area (Å²) in [6, 6.07) is 6.62. The number of nitrogens with zero attached hydrogens (tertiary/aromatic N) is 2. The topological polar surface area (TPSA) is 60.9 Å². The van der Waals surface area contributed by atoms with Crippen molar-refractivity contribution in [1.29, 1.82) is 0 Å². The van der Waals surface area contributed by atoms with Crippen molar-refractivity contribution in [3.05, 3.63) is 35.6 Å². The Balaban J connectivity index is 1.70. The van der Waals surface area contributed by atoms with Crippen LogP contribution < -0.4 is 0 Å². The standard InChI is InChI=1S/C21H29FN2O3/c1-2-23(15-19(25)26)18-9-13-24(14-10-18)20(27)21(11-3-4-12-21)16-5-7-17(22)8-6-16/h5-8,18H,2-4,9-15H2,1H3,(H,25,26). The lowest BCUT2D eigenvalue weighted by molar-refractivity contribution is -0.142. The van der Waals surface area contributed by atoms with Crippen LogP contribution in [0.1, 0.15) is 51.0 Å². The number of benzene rings is 1. The Hall–Kier alpha value is -1.95. The van der Waals surface area contributed by atoms with E-state index in [1.807, 2.05) is 16.7 Å². The fourth-order valence-electron chi connectivity index (χ4n) is 4.78. The van der Waals surface area contributed by atoms with Crippen molar-refractivity contribution in [2.24, 2.45) is 0 Å². The molecule has 0 atom stereocenters. The van der Waals surface area contributed by atoms with Gasteiger partial charge >= 0.3 is 5.97 Å². The van der Waals surface area contributed by atoms with E-state index < -0.39 is 11.4 Å². The first-order chi connectivity index (χ1) is 13.0. The highest BCUT2D eigenvalue weighted by molar-refractivity contribution is 5.88. The van der Waals surface area contributed by atoms with E-state index in [2.05, 4.69) is 0 Å². The van der Waals surface area contributed by atoms with E-state index in [0.29, 0.717) is 19.6 Å². The number of carbonyl (C=O) groups excluding carboxylic acids is 1. The Morgan fingerprint density at radius 1 is 1.19 bits per heavy atom. The summed E-state index contributed by atoms with van der Waals surface area (Å²) in [7, 11) is 0. The summed E-state index contributed by atoms with van der Waals surface area (Å²) in [5, 5.41) is 9.08. The minimum absolute atomic E-state index is 0.0502. The molecular weight excluding hydrogens is 347 g/mol. The number of aliphatic carboxylic acids is 1. The van der Waals surface area contributed by atoms with E-state index in [0.717, 1.165) is 44.1 Å². The third kappa shape index (κ3) is 4.15. The normalized spacial score (nSPS) is 20.2. The molecular formula is C21H29FN2O3. The van der Waals surface area contributed by atoms with E-state index in [1.165, 1.54) is 12.1 Å². The van der Waals surface area contributed by atoms with Gasteiger partial charge in [0.25, 0.3) is 0 Å². The van der Waals surface area contributed by atoms with Crippen molar-refractivity contribution in [3.8, 4) is 0 Å². The summed E-state index contributed by atoms with van der Waals surface area (Å²) in [6.45, 7) is 4.03. The molecule has 148 valence electrons. The largest absolute Gasteiger partial charge is 0.480 e. The molecule has 0 radical (unpaired) electrons. The van der Waals surface area contributed by atoms with Crippen molar-refractivity contribution in [2.75, 3.05) is 26.2 Å². The second-order valence-corrected chi connectivity index (χ2v) is 7.78. The van der Waals surface area contributed by atoms with Gasteiger partial charge in [0.2, 0.25) is 5.91 Å². The molecule has 1 heterocycles. The van der Waals surface area contributed by atoms with Crippen molar-refractivity contribution < 1.29 is 19.1 Å². The number of likely N-dealkylation sites (tertiary alicyclic amines) is 1. The first kappa shape index (κ1) is 19.8. The Kier molecular flexibility index (Phi) is 6.15. The third-order valence-corrected chi connectivity index (χ3v) is 6.28. The highest BCUT2D eigenvalue weighted by Crippen LogP contribution is 2.43. The van der Waals surface area contributed by atoms with Crippen LogP contribution in [0.25, 0.3) is 0 Å². The highest BCUT2D eigenvalue weighted by Gasteiger charge is 2.45. The van der Waals surface area contributed by atoms with Crippen molar-refractivity contribution in [1.82, 2.24) is 9.80 Å². The van der Waals surface area contributed by atoms with Gasteiger partial charge in [-0.2, -0.15) is 0 Å². The number of amides is 1. The quantitative estimate of drug-likeness (QED) is 0.829. The smallest absolute Gasteiger partial charge is 0.317 e. The van der Waals surface area contributed by atoms with Gasteiger partial charge < -0.3 is 10.0 Å². The van der Waals surface area contributed by atoms with Crippen LogP contribution >= 0.6 is 0 Å². The molecule has 1 saturated heterocycles. The average molecular weight is 376 g/mol. The number of rotatable bonds is 6. The van der Waals surface area contributed by atoms with E-state index in [9.17, 15) is 14.0 Å². The fourth-order valence-corrected chi connectivity index (χ4v) is 4.78. The van der Waals surface area contributed by atoms with Gasteiger partial charge in [0.15, 0.2) is 0 Å². The van der Waals surface area contributed by atoms with Gasteiger partial charge in [-0.3, -0.25) is 14.5 Å². The van der Waals surface area contributed by atoms with Gasteiger partial charge in [0, 0.05) is 19.1 Å². The lowest BCUT2D eigenvalue weighted by Crippen LogP contribution is -2.52. The van der Waals surface area contributed by atoms with E-state index in [-0.39, 0.29) is 24.3 Å². The predicted octanol–water partition coefficient (Wildman–Crippen LogP) is 3.04. The fraction of sp³-hybridized carbons (Fsp3) is 0.619. The Morgan fingerprint density at radius 2 is 1.78 bits per heavy atom. The molecule has 0 aromatic heterocycles. The summed E-state index contributed by atoms with van der Waals surface area (Å²) in [4.78, 5) is 28.4. The minimum atomic E-state index is -0.809. The number of piperidine rings is 1. The highest BCUT2D eigenvalue weighted by atomic mass is 19.1. The predicted molar refractivity (Wildman–Crippen MR) is 101 cm³/mol. The van der Waals surface area contributed by atoms with Crippen LogP contribution in [0.5, 0.6) is 0 Å². The van der Waals surface area contributed by atoms with Crippen LogP contribution in [0.2, 0.25) is 0 Å². The van der Waals surface area contributed by atoms with Gasteiger partial charge in [-0.15, -0.1) is 0 Å². The SMILES string of the molecule is CCN(CC(=O)O)C1CCN(C(=O)C2(c3ccc(F)cc3)CCCC2)CC1. The van der Waals surface area contributed by atoms with Crippen molar-refractivity contribution >= 4 is 11.9 Å². The maximum absolute atomic E-state index is 13.5. The number of carbonyl (C=O) groups is 2. The second-order valence-electron chi connectivity index (χ2n) is 7.78. The van der Waals surface area contributed by atoms with Gasteiger partial charge in [0.05, 0.1) is 12.0 Å². The van der Waals surface area contributed by atoms with Crippen LogP contribution in [0.3, 0.4) is 0 Å². The zero-order valence-corrected chi connectivity index (χ0v) is 16.0. The molecule has 6 heteroatoms. The van der Waals surface area contributed by atoms with Crippen LogP contribution in [0, 0.1) is 5.82 Å². The zero-order chi connectivity index (χ0) is 19.4. The Morgan fingerprint density at radius 3 is 2.30 bits per heavy atom. The van der Waals surface area contributed by atoms with Crippen molar-refractivity contribution in [3.63, 3.8) is 0 Å². The number of halogens is 1. The van der Waals surface area contributed by atoms with Gasteiger partial charge in [-0.25, -0.2) is 4.39 Å². The molecule has 0 unspecified atom stereocenters. The Bertz CT molecular complexity index is 663. The van der Waals surface area contributed by atoms with Gasteiger partial charge in [-0.1, -0.05) is 31.9 Å². The van der Waals surface area contributed by atoms with Gasteiger partial charge in [0.1, 0.15) is 5.82 Å². The summed E-state index contributed by atoms with van der Waals surface area (Å²) < 4.78 is 13.4. The van der Waals surface area contributed by atoms with Crippen LogP contribution in [0.4, 0.5) is 4.39 Å². The Labute approximate surface area is 160 Å². The molecule has 1 aliphatic carbocycles. The number of carboxylic acid groups (broad SMARTS) is 1. The summed E-state index contributed by atoms with van der Waals surface area (Å²) in [6.07, 6.45) is 5.26. The lowest BCUT2D eigenvalue weighted by atomic mass is 9.77. The molecule has 2 fully saturated rings. The average Bonchev–Trinajstić information content (AvgIpc) is 3.17. The van der Waals surface area contributed by atoms with E-state index >= 15 is 0 Å². The zero-order valence-electron chi connectivity index (χ0n) is 16.0. The molecule has 3 rings (SSSR count). The lowest BCUT2D eigenvalue weighted by Gasteiger charge is -2.41. The molecule has 27 heavy (non-hydrogen) atoms. The number of likely N-dealkylation sites (N-methyl/N-ethyl adjacent to an activating group) is 1. The maximum atomic E-state index is 13.5. The molecule has 1 amide bonds. The van der Waals surface area contributed by atoms with Crippen LogP contribution in [-0.2, 0) is 15.0 Å². The molecule has 0 bridgehead atoms. The van der Waals surface area contributed by atoms with Crippen LogP contribution in [-0.4, -0.2) is 59.0 Å². The number of carboxylic acids is 1. The van der Waals surface area contributed by atoms with Gasteiger partial charge in [-0.05, 0) is 49.9 Å². The van der Waals surface area contributed by atoms with E-state index in [4.69, 9.17) is 5.11 Å². The first-order valence-electron chi connectivity index (χ1n) is 9.97. The molecule has 1 aromatic carbocycles. The summed E-state index contributed by atoms with van der Waals surface area (Å²) >= 11 is 0. The molecule has 1 aromatic rings. The number of hydrogen-bond acceptors (Lipinski definition) is 3. The minimum Gasteiger partial charge on any atom is -0.480 e. The second kappa shape index (κ2) is 8.38. The monoisotopic (exact) mass is 376 g/mol. The third-order valence-electron chi connectivity index (χ3n) is 6.28. The molecule has 1 aliphatic heterocycles. The molecule has 1 N–H and O–H groups in total. The van der Waals surface area contributed by atoms with E-state index in [1.54, 1.807) is 12.1 Å². The molecule has 5 nitrogen and oxygen atoms in total.